The molecule has 1 aliphatic rings. The van der Waals surface area contributed by atoms with Crippen LogP contribution in [0.15, 0.2) is 24.5 Å². The Balaban J connectivity index is 2.05. The number of methoxy groups -OCH3 is 1. The Hall–Kier alpha value is -2.48. The van der Waals surface area contributed by atoms with Gasteiger partial charge in [0.25, 0.3) is 0 Å². The van der Waals surface area contributed by atoms with Gasteiger partial charge in [-0.05, 0) is 31.0 Å². The SMILES string of the molecule is COc1ccc(-c2ncn(C3CC3)c2N)cc1C#N. The van der Waals surface area contributed by atoms with Gasteiger partial charge in [0.05, 0.1) is 19.0 Å². The number of hydrogen-bond acceptors (Lipinski definition) is 4. The molecule has 1 heterocycles. The molecule has 19 heavy (non-hydrogen) atoms. The van der Waals surface area contributed by atoms with Gasteiger partial charge in [-0.1, -0.05) is 0 Å². The molecule has 0 aliphatic heterocycles. The second kappa shape index (κ2) is 4.32. The summed E-state index contributed by atoms with van der Waals surface area (Å²) in [5, 5.41) is 9.11. The van der Waals surface area contributed by atoms with Crippen molar-refractivity contribution in [2.45, 2.75) is 18.9 Å². The highest BCUT2D eigenvalue weighted by Crippen LogP contribution is 2.39. The van der Waals surface area contributed by atoms with Crippen LogP contribution >= 0.6 is 0 Å². The Morgan fingerprint density at radius 1 is 1.47 bits per heavy atom. The number of aromatic nitrogens is 2. The van der Waals surface area contributed by atoms with Gasteiger partial charge in [-0.2, -0.15) is 5.26 Å². The van der Waals surface area contributed by atoms with E-state index in [0.717, 1.165) is 24.1 Å². The Morgan fingerprint density at radius 3 is 2.89 bits per heavy atom. The van der Waals surface area contributed by atoms with E-state index in [2.05, 4.69) is 11.1 Å². The lowest BCUT2D eigenvalue weighted by Gasteiger charge is -2.06. The van der Waals surface area contributed by atoms with E-state index in [0.29, 0.717) is 23.2 Å². The maximum atomic E-state index is 9.11. The highest BCUT2D eigenvalue weighted by Gasteiger charge is 2.26. The summed E-state index contributed by atoms with van der Waals surface area (Å²) in [6.07, 6.45) is 4.09. The van der Waals surface area contributed by atoms with Crippen LogP contribution < -0.4 is 10.5 Å². The zero-order valence-corrected chi connectivity index (χ0v) is 10.6. The zero-order valence-electron chi connectivity index (χ0n) is 10.6. The first-order valence-electron chi connectivity index (χ1n) is 6.15. The summed E-state index contributed by atoms with van der Waals surface area (Å²) < 4.78 is 7.14. The molecule has 0 atom stereocenters. The number of benzene rings is 1. The second-order valence-electron chi connectivity index (χ2n) is 4.64. The number of nitrogen functional groups attached to an aromatic ring is 1. The fraction of sp³-hybridized carbons (Fsp3) is 0.286. The maximum absolute atomic E-state index is 9.11. The minimum atomic E-state index is 0.486. The number of nitrogens with zero attached hydrogens (tertiary/aromatic N) is 3. The molecular weight excluding hydrogens is 240 g/mol. The van der Waals surface area contributed by atoms with Gasteiger partial charge >= 0.3 is 0 Å². The van der Waals surface area contributed by atoms with Crippen LogP contribution in [0.2, 0.25) is 0 Å². The smallest absolute Gasteiger partial charge is 0.136 e. The van der Waals surface area contributed by atoms with Crippen molar-refractivity contribution in [2.24, 2.45) is 0 Å². The average molecular weight is 254 g/mol. The molecule has 2 aromatic rings. The lowest BCUT2D eigenvalue weighted by atomic mass is 10.1. The molecular formula is C14H14N4O. The Bertz CT molecular complexity index is 665. The van der Waals surface area contributed by atoms with E-state index in [9.17, 15) is 0 Å². The van der Waals surface area contributed by atoms with Gasteiger partial charge in [-0.25, -0.2) is 4.98 Å². The molecule has 0 spiro atoms. The number of imidazole rings is 1. The van der Waals surface area contributed by atoms with E-state index >= 15 is 0 Å². The molecule has 0 bridgehead atoms. The Kier molecular flexibility index (Phi) is 2.64. The fourth-order valence-electron chi connectivity index (χ4n) is 2.18. The highest BCUT2D eigenvalue weighted by atomic mass is 16.5. The van der Waals surface area contributed by atoms with Gasteiger partial charge in [0.2, 0.25) is 0 Å². The van der Waals surface area contributed by atoms with E-state index in [1.165, 1.54) is 0 Å². The van der Waals surface area contributed by atoms with Crippen molar-refractivity contribution in [1.29, 1.82) is 5.26 Å². The number of hydrogen-bond donors (Lipinski definition) is 1. The molecule has 1 fully saturated rings. The van der Waals surface area contributed by atoms with Gasteiger partial charge in [0, 0.05) is 11.6 Å². The number of nitrogens with two attached hydrogens (primary N) is 1. The van der Waals surface area contributed by atoms with Gasteiger partial charge in [-0.15, -0.1) is 0 Å². The standard InChI is InChI=1S/C14H14N4O/c1-19-12-5-2-9(6-10(12)7-15)13-14(16)18(8-17-13)11-3-4-11/h2,5-6,8,11H,3-4,16H2,1H3. The van der Waals surface area contributed by atoms with E-state index in [4.69, 9.17) is 15.7 Å². The monoisotopic (exact) mass is 254 g/mol. The molecule has 0 unspecified atom stereocenters. The van der Waals surface area contributed by atoms with Crippen LogP contribution in [0, 0.1) is 11.3 Å². The Labute approximate surface area is 111 Å². The van der Waals surface area contributed by atoms with Gasteiger partial charge in [0.15, 0.2) is 0 Å². The summed E-state index contributed by atoms with van der Waals surface area (Å²) in [6.45, 7) is 0. The van der Waals surface area contributed by atoms with Crippen molar-refractivity contribution in [3.63, 3.8) is 0 Å². The van der Waals surface area contributed by atoms with E-state index in [1.54, 1.807) is 25.6 Å². The lowest BCUT2D eigenvalue weighted by molar-refractivity contribution is 0.413. The minimum Gasteiger partial charge on any atom is -0.495 e. The summed E-state index contributed by atoms with van der Waals surface area (Å²) in [5.74, 6) is 1.23. The summed E-state index contributed by atoms with van der Waals surface area (Å²) in [7, 11) is 1.55. The summed E-state index contributed by atoms with van der Waals surface area (Å²) in [4.78, 5) is 4.37. The van der Waals surface area contributed by atoms with Gasteiger partial charge < -0.3 is 15.0 Å². The minimum absolute atomic E-state index is 0.486. The van der Waals surface area contributed by atoms with Crippen molar-refractivity contribution in [3.8, 4) is 23.1 Å². The fourth-order valence-corrected chi connectivity index (χ4v) is 2.18. The third-order valence-corrected chi connectivity index (χ3v) is 3.37. The third kappa shape index (κ3) is 1.91. The van der Waals surface area contributed by atoms with Gasteiger partial charge in [0.1, 0.15) is 23.3 Å². The van der Waals surface area contributed by atoms with Crippen LogP contribution in [0.25, 0.3) is 11.3 Å². The van der Waals surface area contributed by atoms with Crippen molar-refractivity contribution in [1.82, 2.24) is 9.55 Å². The molecule has 1 aromatic heterocycles. The second-order valence-corrected chi connectivity index (χ2v) is 4.64. The lowest BCUT2D eigenvalue weighted by Crippen LogP contribution is -1.99. The maximum Gasteiger partial charge on any atom is 0.136 e. The molecule has 1 aromatic carbocycles. The number of anilines is 1. The van der Waals surface area contributed by atoms with Crippen molar-refractivity contribution in [2.75, 3.05) is 12.8 Å². The molecule has 96 valence electrons. The molecule has 0 amide bonds. The van der Waals surface area contributed by atoms with Crippen LogP contribution in [0.1, 0.15) is 24.4 Å². The molecule has 1 aliphatic carbocycles. The predicted molar refractivity (Wildman–Crippen MR) is 71.6 cm³/mol. The number of nitriles is 1. The first kappa shape index (κ1) is 11.6. The molecule has 5 nitrogen and oxygen atoms in total. The highest BCUT2D eigenvalue weighted by molar-refractivity contribution is 5.72. The van der Waals surface area contributed by atoms with Crippen LogP contribution in [-0.2, 0) is 0 Å². The predicted octanol–water partition coefficient (Wildman–Crippen LogP) is 2.35. The van der Waals surface area contributed by atoms with Gasteiger partial charge in [-0.3, -0.25) is 0 Å². The Morgan fingerprint density at radius 2 is 2.26 bits per heavy atom. The largest absolute Gasteiger partial charge is 0.495 e. The quantitative estimate of drug-likeness (QED) is 0.912. The summed E-state index contributed by atoms with van der Waals surface area (Å²) >= 11 is 0. The molecule has 5 heteroatoms. The number of rotatable bonds is 3. The zero-order chi connectivity index (χ0) is 13.4. The summed E-state index contributed by atoms with van der Waals surface area (Å²) in [6, 6.07) is 8.01. The first-order chi connectivity index (χ1) is 9.24. The van der Waals surface area contributed by atoms with E-state index in [1.807, 2.05) is 10.6 Å². The average Bonchev–Trinajstić information content (AvgIpc) is 3.21. The number of ether oxygens (including phenoxy) is 1. The third-order valence-electron chi connectivity index (χ3n) is 3.37. The molecule has 0 saturated heterocycles. The van der Waals surface area contributed by atoms with Crippen LogP contribution in [0.3, 0.4) is 0 Å². The van der Waals surface area contributed by atoms with Crippen molar-refractivity contribution < 1.29 is 4.74 Å². The van der Waals surface area contributed by atoms with Crippen molar-refractivity contribution >= 4 is 5.82 Å². The van der Waals surface area contributed by atoms with Crippen LogP contribution in [0.5, 0.6) is 5.75 Å². The van der Waals surface area contributed by atoms with Crippen LogP contribution in [-0.4, -0.2) is 16.7 Å². The first-order valence-corrected chi connectivity index (χ1v) is 6.15. The summed E-state index contributed by atoms with van der Waals surface area (Å²) in [5.41, 5.74) is 8.18. The normalized spacial score (nSPS) is 14.1. The molecule has 3 rings (SSSR count). The topological polar surface area (TPSA) is 76.9 Å². The molecule has 1 saturated carbocycles. The van der Waals surface area contributed by atoms with Crippen molar-refractivity contribution in [3.05, 3.63) is 30.1 Å². The molecule has 0 radical (unpaired) electrons. The van der Waals surface area contributed by atoms with Crippen LogP contribution in [0.4, 0.5) is 5.82 Å². The van der Waals surface area contributed by atoms with E-state index < -0.39 is 0 Å². The van der Waals surface area contributed by atoms with E-state index in [-0.39, 0.29) is 0 Å². The molecule has 2 N–H and O–H groups in total.